The molecule has 1 aliphatic heterocycles. The number of carbonyl (C=O) groups is 1. The molecule has 2 aromatic rings. The third-order valence-electron chi connectivity index (χ3n) is 4.47. The van der Waals surface area contributed by atoms with Crippen LogP contribution < -0.4 is 10.1 Å². The highest BCUT2D eigenvalue weighted by atomic mass is 16.5. The lowest BCUT2D eigenvalue weighted by molar-refractivity contribution is 0.102. The highest BCUT2D eigenvalue weighted by molar-refractivity contribution is 6.04. The van der Waals surface area contributed by atoms with E-state index in [9.17, 15) is 4.79 Å². The van der Waals surface area contributed by atoms with Crippen molar-refractivity contribution in [3.63, 3.8) is 0 Å². The fraction of sp³-hybridized carbons (Fsp3) is 0.381. The number of hydrogen-bond donors (Lipinski definition) is 1. The van der Waals surface area contributed by atoms with Gasteiger partial charge in [-0.1, -0.05) is 24.6 Å². The molecule has 1 heterocycles. The monoisotopic (exact) mass is 338 g/mol. The van der Waals surface area contributed by atoms with Crippen molar-refractivity contribution in [3.8, 4) is 5.75 Å². The largest absolute Gasteiger partial charge is 0.494 e. The zero-order valence-corrected chi connectivity index (χ0v) is 14.8. The Morgan fingerprint density at radius 3 is 2.56 bits per heavy atom. The van der Waals surface area contributed by atoms with E-state index in [-0.39, 0.29) is 5.91 Å². The molecule has 0 aromatic heterocycles. The van der Waals surface area contributed by atoms with E-state index < -0.39 is 0 Å². The predicted molar refractivity (Wildman–Crippen MR) is 101 cm³/mol. The third-order valence-corrected chi connectivity index (χ3v) is 4.47. The van der Waals surface area contributed by atoms with Gasteiger partial charge in [-0.15, -0.1) is 0 Å². The summed E-state index contributed by atoms with van der Waals surface area (Å²) >= 11 is 0. The number of amides is 1. The predicted octanol–water partition coefficient (Wildman–Crippen LogP) is 4.32. The smallest absolute Gasteiger partial charge is 0.255 e. The summed E-state index contributed by atoms with van der Waals surface area (Å²) in [6, 6.07) is 15.4. The summed E-state index contributed by atoms with van der Waals surface area (Å²) in [5.41, 5.74) is 2.70. The minimum Gasteiger partial charge on any atom is -0.494 e. The van der Waals surface area contributed by atoms with Crippen LogP contribution in [0.4, 0.5) is 5.69 Å². The average molecular weight is 338 g/mol. The van der Waals surface area contributed by atoms with Crippen LogP contribution >= 0.6 is 0 Å². The number of ether oxygens (including phenoxy) is 1. The number of benzene rings is 2. The van der Waals surface area contributed by atoms with Crippen molar-refractivity contribution in [2.75, 3.05) is 25.0 Å². The quantitative estimate of drug-likeness (QED) is 0.853. The molecule has 1 amide bonds. The van der Waals surface area contributed by atoms with E-state index in [0.29, 0.717) is 17.9 Å². The molecule has 0 atom stereocenters. The maximum absolute atomic E-state index is 12.4. The fourth-order valence-electron chi connectivity index (χ4n) is 3.17. The zero-order valence-electron chi connectivity index (χ0n) is 14.8. The summed E-state index contributed by atoms with van der Waals surface area (Å²) in [5, 5.41) is 2.95. The second kappa shape index (κ2) is 8.67. The minimum atomic E-state index is -0.120. The minimum absolute atomic E-state index is 0.120. The number of hydrogen-bond acceptors (Lipinski definition) is 3. The lowest BCUT2D eigenvalue weighted by atomic mass is 10.1. The molecule has 4 heteroatoms. The SMILES string of the molecule is CCOc1cccc(C(=O)Nc2ccc(CN3CCCCC3)cc2)c1. The van der Waals surface area contributed by atoms with Crippen LogP contribution in [0.1, 0.15) is 42.1 Å². The van der Waals surface area contributed by atoms with Crippen molar-refractivity contribution in [1.29, 1.82) is 0 Å². The molecular weight excluding hydrogens is 312 g/mol. The molecule has 0 saturated carbocycles. The first kappa shape index (κ1) is 17.5. The molecule has 4 nitrogen and oxygen atoms in total. The van der Waals surface area contributed by atoms with Gasteiger partial charge in [0, 0.05) is 17.8 Å². The van der Waals surface area contributed by atoms with Gasteiger partial charge in [0.1, 0.15) is 5.75 Å². The first-order valence-corrected chi connectivity index (χ1v) is 9.10. The highest BCUT2D eigenvalue weighted by Crippen LogP contribution is 2.17. The Balaban J connectivity index is 1.58. The molecule has 1 N–H and O–H groups in total. The molecule has 1 aliphatic rings. The van der Waals surface area contributed by atoms with Gasteiger partial charge in [0.05, 0.1) is 6.61 Å². The summed E-state index contributed by atoms with van der Waals surface area (Å²) in [6.07, 6.45) is 3.95. The Kier molecular flexibility index (Phi) is 6.07. The van der Waals surface area contributed by atoms with Crippen LogP contribution in [0.25, 0.3) is 0 Å². The maximum atomic E-state index is 12.4. The van der Waals surface area contributed by atoms with Crippen LogP contribution in [0.3, 0.4) is 0 Å². The van der Waals surface area contributed by atoms with Gasteiger partial charge < -0.3 is 10.1 Å². The van der Waals surface area contributed by atoms with Crippen molar-refractivity contribution in [1.82, 2.24) is 4.90 Å². The molecule has 0 unspecified atom stereocenters. The summed E-state index contributed by atoms with van der Waals surface area (Å²) in [4.78, 5) is 14.9. The van der Waals surface area contributed by atoms with Crippen LogP contribution in [0, 0.1) is 0 Å². The summed E-state index contributed by atoms with van der Waals surface area (Å²) < 4.78 is 5.45. The number of anilines is 1. The molecule has 25 heavy (non-hydrogen) atoms. The molecule has 0 spiro atoms. The normalized spacial score (nSPS) is 14.9. The third kappa shape index (κ3) is 5.07. The van der Waals surface area contributed by atoms with Gasteiger partial charge in [-0.3, -0.25) is 9.69 Å². The average Bonchev–Trinajstić information content (AvgIpc) is 2.65. The van der Waals surface area contributed by atoms with Gasteiger partial charge in [-0.05, 0) is 68.8 Å². The number of rotatable bonds is 6. The van der Waals surface area contributed by atoms with Gasteiger partial charge >= 0.3 is 0 Å². The number of nitrogens with one attached hydrogen (secondary N) is 1. The molecule has 0 radical (unpaired) electrons. The first-order chi connectivity index (χ1) is 12.2. The van der Waals surface area contributed by atoms with Crippen molar-refractivity contribution in [2.24, 2.45) is 0 Å². The van der Waals surface area contributed by atoms with Crippen molar-refractivity contribution < 1.29 is 9.53 Å². The molecular formula is C21H26N2O2. The number of nitrogens with zero attached hydrogens (tertiary/aromatic N) is 1. The standard InChI is InChI=1S/C21H26N2O2/c1-2-25-20-8-6-7-18(15-20)21(24)22-19-11-9-17(10-12-19)16-23-13-4-3-5-14-23/h6-12,15H,2-5,13-14,16H2,1H3,(H,22,24). The molecule has 1 fully saturated rings. The fourth-order valence-corrected chi connectivity index (χ4v) is 3.17. The van der Waals surface area contributed by atoms with E-state index in [2.05, 4.69) is 22.3 Å². The van der Waals surface area contributed by atoms with Gasteiger partial charge in [-0.25, -0.2) is 0 Å². The Morgan fingerprint density at radius 1 is 1.08 bits per heavy atom. The second-order valence-corrected chi connectivity index (χ2v) is 6.45. The van der Waals surface area contributed by atoms with Crippen LogP contribution in [-0.4, -0.2) is 30.5 Å². The van der Waals surface area contributed by atoms with Gasteiger partial charge in [-0.2, -0.15) is 0 Å². The van der Waals surface area contributed by atoms with Crippen molar-refractivity contribution in [3.05, 3.63) is 59.7 Å². The highest BCUT2D eigenvalue weighted by Gasteiger charge is 2.11. The molecule has 0 aliphatic carbocycles. The van der Waals surface area contributed by atoms with E-state index in [0.717, 1.165) is 12.2 Å². The Labute approximate surface area is 149 Å². The molecule has 1 saturated heterocycles. The summed E-state index contributed by atoms with van der Waals surface area (Å²) in [5.74, 6) is 0.595. The Bertz CT molecular complexity index is 691. The molecule has 2 aromatic carbocycles. The van der Waals surface area contributed by atoms with E-state index in [1.807, 2.05) is 31.2 Å². The summed E-state index contributed by atoms with van der Waals surface area (Å²) in [6.45, 7) is 5.88. The van der Waals surface area contributed by atoms with Crippen molar-refractivity contribution in [2.45, 2.75) is 32.7 Å². The maximum Gasteiger partial charge on any atom is 0.255 e. The second-order valence-electron chi connectivity index (χ2n) is 6.45. The van der Waals surface area contributed by atoms with Crippen LogP contribution in [0.15, 0.2) is 48.5 Å². The van der Waals surface area contributed by atoms with Crippen LogP contribution in [0.5, 0.6) is 5.75 Å². The first-order valence-electron chi connectivity index (χ1n) is 9.10. The topological polar surface area (TPSA) is 41.6 Å². The van der Waals surface area contributed by atoms with Crippen LogP contribution in [-0.2, 0) is 6.54 Å². The number of carbonyl (C=O) groups excluding carboxylic acids is 1. The van der Waals surface area contributed by atoms with Gasteiger partial charge in [0.2, 0.25) is 0 Å². The van der Waals surface area contributed by atoms with Gasteiger partial charge in [0.25, 0.3) is 5.91 Å². The van der Waals surface area contributed by atoms with E-state index in [1.54, 1.807) is 12.1 Å². The number of piperidine rings is 1. The molecule has 132 valence electrons. The Hall–Kier alpha value is -2.33. The summed E-state index contributed by atoms with van der Waals surface area (Å²) in [7, 11) is 0. The van der Waals surface area contributed by atoms with E-state index in [1.165, 1.54) is 37.9 Å². The number of likely N-dealkylation sites (tertiary alicyclic amines) is 1. The van der Waals surface area contributed by atoms with Crippen molar-refractivity contribution >= 4 is 11.6 Å². The van der Waals surface area contributed by atoms with E-state index in [4.69, 9.17) is 4.74 Å². The van der Waals surface area contributed by atoms with Gasteiger partial charge in [0.15, 0.2) is 0 Å². The molecule has 3 rings (SSSR count). The van der Waals surface area contributed by atoms with E-state index >= 15 is 0 Å². The lowest BCUT2D eigenvalue weighted by Gasteiger charge is -2.26. The zero-order chi connectivity index (χ0) is 17.5. The Morgan fingerprint density at radius 2 is 1.84 bits per heavy atom. The lowest BCUT2D eigenvalue weighted by Crippen LogP contribution is -2.29. The molecule has 0 bridgehead atoms. The van der Waals surface area contributed by atoms with Crippen LogP contribution in [0.2, 0.25) is 0 Å².